The first-order chi connectivity index (χ1) is 11.9. The molecule has 1 atom stereocenters. The van der Waals surface area contributed by atoms with E-state index in [1.165, 1.54) is 18.1 Å². The third-order valence-electron chi connectivity index (χ3n) is 4.35. The summed E-state index contributed by atoms with van der Waals surface area (Å²) in [5, 5.41) is 10.3. The first kappa shape index (κ1) is 17.2. The van der Waals surface area contributed by atoms with E-state index in [9.17, 15) is 9.90 Å². The molecule has 5 nitrogen and oxygen atoms in total. The molecule has 25 heavy (non-hydrogen) atoms. The Morgan fingerprint density at radius 2 is 1.88 bits per heavy atom. The highest BCUT2D eigenvalue weighted by molar-refractivity contribution is 5.94. The highest BCUT2D eigenvalue weighted by atomic mass is 16.5. The number of hydrogen-bond acceptors (Lipinski definition) is 4. The van der Waals surface area contributed by atoms with Gasteiger partial charge in [-0.25, -0.2) is 4.98 Å². The van der Waals surface area contributed by atoms with Crippen LogP contribution in [-0.4, -0.2) is 33.2 Å². The number of benzene rings is 2. The van der Waals surface area contributed by atoms with Gasteiger partial charge in [0, 0.05) is 5.56 Å². The average Bonchev–Trinajstić information content (AvgIpc) is 2.95. The summed E-state index contributed by atoms with van der Waals surface area (Å²) in [6.07, 6.45) is 1.08. The van der Waals surface area contributed by atoms with Crippen molar-refractivity contribution in [2.24, 2.45) is 0 Å². The molecule has 0 spiro atoms. The van der Waals surface area contributed by atoms with Crippen molar-refractivity contribution in [3.8, 4) is 5.75 Å². The van der Waals surface area contributed by atoms with Crippen molar-refractivity contribution in [1.29, 1.82) is 0 Å². The Balaban J connectivity index is 1.63. The van der Waals surface area contributed by atoms with Crippen LogP contribution in [0.1, 0.15) is 28.4 Å². The SMILES string of the molecule is CC(=O)c1ccc(OC[C@@H](O)Cn2cnc3cc(C)c(C)cc32)cc1. The monoisotopic (exact) mass is 338 g/mol. The normalized spacial score (nSPS) is 12.3. The number of aliphatic hydroxyl groups is 1. The molecule has 0 aliphatic heterocycles. The average molecular weight is 338 g/mol. The summed E-state index contributed by atoms with van der Waals surface area (Å²) < 4.78 is 7.55. The second-order valence-corrected chi connectivity index (χ2v) is 6.37. The minimum Gasteiger partial charge on any atom is -0.491 e. The van der Waals surface area contributed by atoms with Crippen LogP contribution in [0.2, 0.25) is 0 Å². The third-order valence-corrected chi connectivity index (χ3v) is 4.35. The fraction of sp³-hybridized carbons (Fsp3) is 0.300. The quantitative estimate of drug-likeness (QED) is 0.701. The lowest BCUT2D eigenvalue weighted by Crippen LogP contribution is -2.23. The highest BCUT2D eigenvalue weighted by Gasteiger charge is 2.11. The molecule has 1 aromatic heterocycles. The van der Waals surface area contributed by atoms with Crippen LogP contribution in [0, 0.1) is 13.8 Å². The predicted octanol–water partition coefficient (Wildman–Crippen LogP) is 3.30. The highest BCUT2D eigenvalue weighted by Crippen LogP contribution is 2.19. The first-order valence-electron chi connectivity index (χ1n) is 8.28. The van der Waals surface area contributed by atoms with Crippen LogP contribution in [0.15, 0.2) is 42.7 Å². The fourth-order valence-electron chi connectivity index (χ4n) is 2.72. The molecule has 1 heterocycles. The molecule has 130 valence electrons. The van der Waals surface area contributed by atoms with Gasteiger partial charge in [0.2, 0.25) is 0 Å². The summed E-state index contributed by atoms with van der Waals surface area (Å²) in [6, 6.07) is 11.1. The maximum Gasteiger partial charge on any atom is 0.159 e. The molecular weight excluding hydrogens is 316 g/mol. The number of fused-ring (bicyclic) bond motifs is 1. The minimum atomic E-state index is -0.661. The number of aliphatic hydroxyl groups excluding tert-OH is 1. The molecule has 3 rings (SSSR count). The largest absolute Gasteiger partial charge is 0.491 e. The Bertz CT molecular complexity index is 897. The number of imidazole rings is 1. The van der Waals surface area contributed by atoms with Crippen LogP contribution < -0.4 is 4.74 Å². The standard InChI is InChI=1S/C20H22N2O3/c1-13-8-19-20(9-14(13)2)22(12-21-19)10-17(24)11-25-18-6-4-16(5-7-18)15(3)23/h4-9,12,17,24H,10-11H2,1-3H3/t17-/m0/s1. The summed E-state index contributed by atoms with van der Waals surface area (Å²) in [5.41, 5.74) is 4.98. The Morgan fingerprint density at radius 1 is 1.20 bits per heavy atom. The Hall–Kier alpha value is -2.66. The van der Waals surface area contributed by atoms with E-state index in [1.807, 2.05) is 4.57 Å². The number of hydrogen-bond donors (Lipinski definition) is 1. The summed E-state index contributed by atoms with van der Waals surface area (Å²) in [5.74, 6) is 0.648. The lowest BCUT2D eigenvalue weighted by molar-refractivity contribution is 0.0933. The van der Waals surface area contributed by atoms with E-state index in [2.05, 4.69) is 31.0 Å². The number of ether oxygens (including phenoxy) is 1. The number of ketones is 1. The maximum absolute atomic E-state index is 11.3. The van der Waals surface area contributed by atoms with Gasteiger partial charge in [0.05, 0.1) is 23.9 Å². The van der Waals surface area contributed by atoms with E-state index in [1.54, 1.807) is 30.6 Å². The van der Waals surface area contributed by atoms with Crippen LogP contribution in [-0.2, 0) is 6.54 Å². The molecule has 1 N–H and O–H groups in total. The van der Waals surface area contributed by atoms with E-state index < -0.39 is 6.10 Å². The van der Waals surface area contributed by atoms with Gasteiger partial charge < -0.3 is 14.4 Å². The molecule has 0 saturated carbocycles. The van der Waals surface area contributed by atoms with E-state index in [4.69, 9.17) is 4.74 Å². The van der Waals surface area contributed by atoms with Gasteiger partial charge in [-0.15, -0.1) is 0 Å². The van der Waals surface area contributed by atoms with Gasteiger partial charge in [-0.1, -0.05) is 0 Å². The lowest BCUT2D eigenvalue weighted by atomic mass is 10.1. The van der Waals surface area contributed by atoms with Crippen molar-refractivity contribution in [3.63, 3.8) is 0 Å². The zero-order valence-corrected chi connectivity index (χ0v) is 14.7. The van der Waals surface area contributed by atoms with Gasteiger partial charge in [0.1, 0.15) is 18.5 Å². The molecule has 0 amide bonds. The van der Waals surface area contributed by atoms with E-state index in [0.29, 0.717) is 17.9 Å². The van der Waals surface area contributed by atoms with Gasteiger partial charge in [0.25, 0.3) is 0 Å². The number of carbonyl (C=O) groups excluding carboxylic acids is 1. The predicted molar refractivity (Wildman–Crippen MR) is 97.2 cm³/mol. The van der Waals surface area contributed by atoms with Crippen molar-refractivity contribution in [2.75, 3.05) is 6.61 Å². The molecular formula is C20H22N2O3. The molecule has 0 aliphatic carbocycles. The number of aromatic nitrogens is 2. The molecule has 2 aromatic carbocycles. The number of nitrogens with zero attached hydrogens (tertiary/aromatic N) is 2. The zero-order chi connectivity index (χ0) is 18.0. The van der Waals surface area contributed by atoms with Gasteiger partial charge in [-0.05, 0) is 68.3 Å². The molecule has 0 unspecified atom stereocenters. The summed E-state index contributed by atoms with van der Waals surface area (Å²) in [6.45, 7) is 6.23. The maximum atomic E-state index is 11.3. The van der Waals surface area contributed by atoms with Crippen molar-refractivity contribution in [3.05, 3.63) is 59.4 Å². The zero-order valence-electron chi connectivity index (χ0n) is 14.7. The van der Waals surface area contributed by atoms with Crippen LogP contribution in [0.3, 0.4) is 0 Å². The molecule has 0 bridgehead atoms. The Morgan fingerprint density at radius 3 is 2.56 bits per heavy atom. The van der Waals surface area contributed by atoms with E-state index >= 15 is 0 Å². The van der Waals surface area contributed by atoms with E-state index in [0.717, 1.165) is 11.0 Å². The van der Waals surface area contributed by atoms with Crippen LogP contribution in [0.25, 0.3) is 11.0 Å². The third kappa shape index (κ3) is 3.88. The molecule has 0 aliphatic rings. The Kier molecular flexibility index (Phi) is 4.86. The fourth-order valence-corrected chi connectivity index (χ4v) is 2.72. The lowest BCUT2D eigenvalue weighted by Gasteiger charge is -2.14. The number of carbonyl (C=O) groups is 1. The number of rotatable bonds is 6. The topological polar surface area (TPSA) is 64.3 Å². The van der Waals surface area contributed by atoms with Gasteiger partial charge in [-0.2, -0.15) is 0 Å². The molecule has 3 aromatic rings. The minimum absolute atomic E-state index is 0.0177. The molecule has 0 fully saturated rings. The molecule has 0 radical (unpaired) electrons. The second kappa shape index (κ2) is 7.07. The van der Waals surface area contributed by atoms with Crippen molar-refractivity contribution in [1.82, 2.24) is 9.55 Å². The molecule has 5 heteroatoms. The van der Waals surface area contributed by atoms with Crippen molar-refractivity contribution < 1.29 is 14.6 Å². The van der Waals surface area contributed by atoms with Crippen LogP contribution in [0.5, 0.6) is 5.75 Å². The second-order valence-electron chi connectivity index (χ2n) is 6.37. The number of aryl methyl sites for hydroxylation is 2. The smallest absolute Gasteiger partial charge is 0.159 e. The summed E-state index contributed by atoms with van der Waals surface area (Å²) in [4.78, 5) is 15.7. The van der Waals surface area contributed by atoms with Crippen molar-refractivity contribution in [2.45, 2.75) is 33.4 Å². The van der Waals surface area contributed by atoms with E-state index in [-0.39, 0.29) is 12.4 Å². The van der Waals surface area contributed by atoms with Crippen LogP contribution in [0.4, 0.5) is 0 Å². The Labute approximate surface area is 146 Å². The molecule has 0 saturated heterocycles. The van der Waals surface area contributed by atoms with Gasteiger partial charge in [-0.3, -0.25) is 4.79 Å². The van der Waals surface area contributed by atoms with Crippen molar-refractivity contribution >= 4 is 16.8 Å². The van der Waals surface area contributed by atoms with Gasteiger partial charge in [0.15, 0.2) is 5.78 Å². The van der Waals surface area contributed by atoms with Crippen LogP contribution >= 0.6 is 0 Å². The summed E-state index contributed by atoms with van der Waals surface area (Å²) >= 11 is 0. The summed E-state index contributed by atoms with van der Waals surface area (Å²) in [7, 11) is 0. The first-order valence-corrected chi connectivity index (χ1v) is 8.28. The number of Topliss-reactive ketones (excluding diaryl/α,β-unsaturated/α-hetero) is 1. The van der Waals surface area contributed by atoms with Gasteiger partial charge >= 0.3 is 0 Å².